The van der Waals surface area contributed by atoms with Crippen LogP contribution in [0.25, 0.3) is 0 Å². The minimum atomic E-state index is -0.551. The number of carbonyl (C=O) groups excluding carboxylic acids is 2. The molecule has 0 aliphatic carbocycles. The van der Waals surface area contributed by atoms with Gasteiger partial charge in [0.1, 0.15) is 11.5 Å². The van der Waals surface area contributed by atoms with E-state index in [2.05, 4.69) is 21.2 Å². The Bertz CT molecular complexity index is 1110. The predicted octanol–water partition coefficient (Wildman–Crippen LogP) is 6.61. The Labute approximate surface area is 198 Å². The summed E-state index contributed by atoms with van der Waals surface area (Å²) in [5.74, 6) is 0.0261. The van der Waals surface area contributed by atoms with Gasteiger partial charge >= 0.3 is 5.97 Å². The number of hydrogen-bond acceptors (Lipinski definition) is 4. The zero-order chi connectivity index (χ0) is 22.5. The molecule has 0 saturated carbocycles. The predicted molar refractivity (Wildman–Crippen MR) is 126 cm³/mol. The van der Waals surface area contributed by atoms with Crippen molar-refractivity contribution in [2.75, 3.05) is 11.9 Å². The molecule has 0 aromatic heterocycles. The minimum Gasteiger partial charge on any atom is -0.481 e. The van der Waals surface area contributed by atoms with Crippen molar-refractivity contribution >= 4 is 56.7 Å². The van der Waals surface area contributed by atoms with E-state index in [-0.39, 0.29) is 12.5 Å². The quantitative estimate of drug-likeness (QED) is 0.292. The van der Waals surface area contributed by atoms with Gasteiger partial charge in [0, 0.05) is 15.1 Å². The van der Waals surface area contributed by atoms with Crippen molar-refractivity contribution in [2.45, 2.75) is 13.8 Å². The van der Waals surface area contributed by atoms with Gasteiger partial charge in [-0.3, -0.25) is 4.79 Å². The van der Waals surface area contributed by atoms with E-state index in [9.17, 15) is 9.59 Å². The van der Waals surface area contributed by atoms with E-state index in [1.165, 1.54) is 12.1 Å². The Hall–Kier alpha value is -2.54. The highest BCUT2D eigenvalue weighted by Gasteiger charge is 2.12. The summed E-state index contributed by atoms with van der Waals surface area (Å²) >= 11 is 15.4. The fourth-order valence-corrected chi connectivity index (χ4v) is 3.90. The SMILES string of the molecule is Cc1cc(Br)cc(C)c1OCC(=O)Oc1ccc(C(=O)Nc2cc(Cl)ccc2Cl)cc1. The second kappa shape index (κ2) is 10.2. The van der Waals surface area contributed by atoms with Crippen LogP contribution >= 0.6 is 39.1 Å². The first kappa shape index (κ1) is 23.1. The summed E-state index contributed by atoms with van der Waals surface area (Å²) in [5.41, 5.74) is 2.60. The van der Waals surface area contributed by atoms with Crippen LogP contribution in [-0.4, -0.2) is 18.5 Å². The van der Waals surface area contributed by atoms with E-state index in [0.717, 1.165) is 15.6 Å². The van der Waals surface area contributed by atoms with Gasteiger partial charge < -0.3 is 14.8 Å². The second-order valence-electron chi connectivity index (χ2n) is 6.73. The first-order valence-electron chi connectivity index (χ1n) is 9.19. The maximum absolute atomic E-state index is 12.4. The van der Waals surface area contributed by atoms with E-state index >= 15 is 0 Å². The third kappa shape index (κ3) is 6.23. The number of hydrogen-bond donors (Lipinski definition) is 1. The summed E-state index contributed by atoms with van der Waals surface area (Å²) in [7, 11) is 0. The molecule has 0 bridgehead atoms. The number of ether oxygens (including phenoxy) is 2. The van der Waals surface area contributed by atoms with Crippen LogP contribution in [0.5, 0.6) is 11.5 Å². The van der Waals surface area contributed by atoms with Gasteiger partial charge in [0.25, 0.3) is 5.91 Å². The summed E-state index contributed by atoms with van der Waals surface area (Å²) in [4.78, 5) is 24.6. The average molecular weight is 523 g/mol. The van der Waals surface area contributed by atoms with Crippen LogP contribution in [0.1, 0.15) is 21.5 Å². The Morgan fingerprint density at radius 2 is 1.61 bits per heavy atom. The summed E-state index contributed by atoms with van der Waals surface area (Å²) < 4.78 is 11.9. The normalized spacial score (nSPS) is 10.5. The Kier molecular flexibility index (Phi) is 7.59. The molecule has 0 fully saturated rings. The smallest absolute Gasteiger partial charge is 0.349 e. The number of benzene rings is 3. The highest BCUT2D eigenvalue weighted by molar-refractivity contribution is 9.10. The zero-order valence-electron chi connectivity index (χ0n) is 16.7. The van der Waals surface area contributed by atoms with Crippen molar-refractivity contribution in [3.63, 3.8) is 0 Å². The second-order valence-corrected chi connectivity index (χ2v) is 8.49. The van der Waals surface area contributed by atoms with Crippen molar-refractivity contribution in [1.82, 2.24) is 0 Å². The van der Waals surface area contributed by atoms with Crippen LogP contribution in [0, 0.1) is 13.8 Å². The molecule has 1 N–H and O–H groups in total. The third-order valence-electron chi connectivity index (χ3n) is 4.28. The summed E-state index contributed by atoms with van der Waals surface area (Å²) in [6, 6.07) is 14.8. The van der Waals surface area contributed by atoms with Crippen molar-refractivity contribution in [2.24, 2.45) is 0 Å². The third-order valence-corrected chi connectivity index (χ3v) is 5.31. The number of halogens is 3. The van der Waals surface area contributed by atoms with Gasteiger partial charge in [-0.1, -0.05) is 39.1 Å². The van der Waals surface area contributed by atoms with Gasteiger partial charge in [0.2, 0.25) is 0 Å². The molecular formula is C23H18BrCl2NO4. The van der Waals surface area contributed by atoms with E-state index in [4.69, 9.17) is 32.7 Å². The van der Waals surface area contributed by atoms with E-state index in [0.29, 0.717) is 32.8 Å². The first-order chi connectivity index (χ1) is 14.7. The maximum atomic E-state index is 12.4. The molecular weight excluding hydrogens is 505 g/mol. The molecule has 1 amide bonds. The van der Waals surface area contributed by atoms with Gasteiger partial charge in [0.05, 0.1) is 10.7 Å². The zero-order valence-corrected chi connectivity index (χ0v) is 19.8. The molecule has 3 aromatic rings. The highest BCUT2D eigenvalue weighted by atomic mass is 79.9. The minimum absolute atomic E-state index is 0.237. The molecule has 8 heteroatoms. The molecule has 0 atom stereocenters. The lowest BCUT2D eigenvalue weighted by atomic mass is 10.1. The molecule has 160 valence electrons. The van der Waals surface area contributed by atoms with Crippen molar-refractivity contribution < 1.29 is 19.1 Å². The average Bonchev–Trinajstić information content (AvgIpc) is 2.70. The molecule has 0 spiro atoms. The van der Waals surface area contributed by atoms with Gasteiger partial charge in [-0.25, -0.2) is 4.79 Å². The number of aryl methyl sites for hydroxylation is 2. The van der Waals surface area contributed by atoms with Gasteiger partial charge in [0.15, 0.2) is 6.61 Å². The van der Waals surface area contributed by atoms with Crippen molar-refractivity contribution in [3.8, 4) is 11.5 Å². The standard InChI is InChI=1S/C23H18BrCl2NO4/c1-13-9-16(24)10-14(2)22(13)30-12-21(28)31-18-6-3-15(4-7-18)23(29)27-20-11-17(25)5-8-19(20)26/h3-11H,12H2,1-2H3,(H,27,29). The number of esters is 1. The van der Waals surface area contributed by atoms with Crippen LogP contribution in [0.15, 0.2) is 59.1 Å². The summed E-state index contributed by atoms with van der Waals surface area (Å²) in [5, 5.41) is 3.52. The fraction of sp³-hybridized carbons (Fsp3) is 0.130. The Balaban J connectivity index is 1.58. The van der Waals surface area contributed by atoms with Gasteiger partial charge in [-0.2, -0.15) is 0 Å². The van der Waals surface area contributed by atoms with Crippen LogP contribution in [0.3, 0.4) is 0 Å². The number of amides is 1. The van der Waals surface area contributed by atoms with Crippen LogP contribution < -0.4 is 14.8 Å². The van der Waals surface area contributed by atoms with E-state index in [1.54, 1.807) is 30.3 Å². The van der Waals surface area contributed by atoms with Crippen LogP contribution in [0.2, 0.25) is 10.0 Å². The largest absolute Gasteiger partial charge is 0.481 e. The highest BCUT2D eigenvalue weighted by Crippen LogP contribution is 2.28. The molecule has 3 aromatic carbocycles. The van der Waals surface area contributed by atoms with Gasteiger partial charge in [-0.15, -0.1) is 0 Å². The Morgan fingerprint density at radius 1 is 0.968 bits per heavy atom. The molecule has 0 aliphatic heterocycles. The molecule has 0 saturated heterocycles. The fourth-order valence-electron chi connectivity index (χ4n) is 2.88. The topological polar surface area (TPSA) is 64.6 Å². The monoisotopic (exact) mass is 521 g/mol. The molecule has 0 heterocycles. The number of carbonyl (C=O) groups is 2. The maximum Gasteiger partial charge on any atom is 0.349 e. The number of rotatable bonds is 6. The van der Waals surface area contributed by atoms with Crippen molar-refractivity contribution in [3.05, 3.63) is 85.8 Å². The first-order valence-corrected chi connectivity index (χ1v) is 10.7. The molecule has 0 aliphatic rings. The van der Waals surface area contributed by atoms with Crippen LogP contribution in [-0.2, 0) is 4.79 Å². The molecule has 0 radical (unpaired) electrons. The van der Waals surface area contributed by atoms with E-state index < -0.39 is 5.97 Å². The van der Waals surface area contributed by atoms with Crippen molar-refractivity contribution in [1.29, 1.82) is 0 Å². The van der Waals surface area contributed by atoms with Crippen LogP contribution in [0.4, 0.5) is 5.69 Å². The molecule has 3 rings (SSSR count). The molecule has 0 unspecified atom stereocenters. The molecule has 31 heavy (non-hydrogen) atoms. The lowest BCUT2D eigenvalue weighted by Crippen LogP contribution is -2.18. The lowest BCUT2D eigenvalue weighted by molar-refractivity contribution is -0.136. The summed E-state index contributed by atoms with van der Waals surface area (Å²) in [6.07, 6.45) is 0. The number of anilines is 1. The van der Waals surface area contributed by atoms with E-state index in [1.807, 2.05) is 26.0 Å². The van der Waals surface area contributed by atoms with Gasteiger partial charge in [-0.05, 0) is 79.6 Å². The lowest BCUT2D eigenvalue weighted by Gasteiger charge is -2.12. The Morgan fingerprint density at radius 3 is 2.26 bits per heavy atom. The molecule has 5 nitrogen and oxygen atoms in total. The summed E-state index contributed by atoms with van der Waals surface area (Å²) in [6.45, 7) is 3.57. The number of nitrogens with one attached hydrogen (secondary N) is 1.